The first kappa shape index (κ1) is 16.2. The molecule has 1 saturated carbocycles. The number of benzene rings is 1. The van der Waals surface area contributed by atoms with E-state index in [1.807, 2.05) is 0 Å². The molecule has 2 amide bonds. The van der Waals surface area contributed by atoms with Gasteiger partial charge in [0.1, 0.15) is 0 Å². The standard InChI is InChI=1S/C17H22N2O3/c1-19(12-17(22)10-2-3-11-17)15(20)9-6-13-4-7-14(8-5-13)16(18)21/h4-9,22H,2-3,10-12H2,1H3,(H2,18,21)/b9-6+. The van der Waals surface area contributed by atoms with Crippen LogP contribution in [-0.2, 0) is 4.79 Å². The second kappa shape index (κ2) is 6.75. The molecule has 1 aliphatic rings. The number of hydrogen-bond acceptors (Lipinski definition) is 3. The molecule has 0 heterocycles. The van der Waals surface area contributed by atoms with Gasteiger partial charge in [0.25, 0.3) is 0 Å². The van der Waals surface area contributed by atoms with Crippen LogP contribution in [-0.4, -0.2) is 41.0 Å². The lowest BCUT2D eigenvalue weighted by atomic mass is 10.0. The Hall–Kier alpha value is -2.14. The molecule has 5 heteroatoms. The third kappa shape index (κ3) is 4.18. The summed E-state index contributed by atoms with van der Waals surface area (Å²) in [7, 11) is 1.69. The van der Waals surface area contributed by atoms with Crippen LogP contribution in [0.1, 0.15) is 41.6 Å². The van der Waals surface area contributed by atoms with Crippen molar-refractivity contribution in [1.82, 2.24) is 4.90 Å². The summed E-state index contributed by atoms with van der Waals surface area (Å²) in [5.74, 6) is -0.629. The summed E-state index contributed by atoms with van der Waals surface area (Å²) in [6.45, 7) is 0.358. The first-order valence-corrected chi connectivity index (χ1v) is 7.45. The number of rotatable bonds is 5. The van der Waals surface area contributed by atoms with Crippen molar-refractivity contribution in [3.63, 3.8) is 0 Å². The Bertz CT molecular complexity index is 572. The number of nitrogens with zero attached hydrogens (tertiary/aromatic N) is 1. The predicted molar refractivity (Wildman–Crippen MR) is 85.0 cm³/mol. The minimum Gasteiger partial charge on any atom is -0.388 e. The van der Waals surface area contributed by atoms with E-state index < -0.39 is 11.5 Å². The molecule has 0 aliphatic heterocycles. The maximum Gasteiger partial charge on any atom is 0.248 e. The van der Waals surface area contributed by atoms with E-state index >= 15 is 0 Å². The highest BCUT2D eigenvalue weighted by Gasteiger charge is 2.32. The summed E-state index contributed by atoms with van der Waals surface area (Å²) in [4.78, 5) is 24.6. The van der Waals surface area contributed by atoms with Crippen molar-refractivity contribution in [2.75, 3.05) is 13.6 Å². The Balaban J connectivity index is 1.93. The van der Waals surface area contributed by atoms with Gasteiger partial charge in [-0.2, -0.15) is 0 Å². The molecule has 5 nitrogen and oxygen atoms in total. The molecule has 0 unspecified atom stereocenters. The normalized spacial score (nSPS) is 16.8. The van der Waals surface area contributed by atoms with Crippen molar-refractivity contribution in [3.05, 3.63) is 41.5 Å². The Labute approximate surface area is 130 Å². The van der Waals surface area contributed by atoms with E-state index in [4.69, 9.17) is 5.73 Å². The minimum absolute atomic E-state index is 0.153. The van der Waals surface area contributed by atoms with Crippen LogP contribution in [0.5, 0.6) is 0 Å². The molecular formula is C17H22N2O3. The number of aliphatic hydroxyl groups is 1. The highest BCUT2D eigenvalue weighted by atomic mass is 16.3. The summed E-state index contributed by atoms with van der Waals surface area (Å²) in [5.41, 5.74) is 5.69. The highest BCUT2D eigenvalue weighted by molar-refractivity contribution is 5.94. The number of amides is 2. The molecule has 1 aromatic carbocycles. The van der Waals surface area contributed by atoms with Gasteiger partial charge in [-0.15, -0.1) is 0 Å². The summed E-state index contributed by atoms with van der Waals surface area (Å²) < 4.78 is 0. The third-order valence-electron chi connectivity index (χ3n) is 4.06. The van der Waals surface area contributed by atoms with E-state index in [1.54, 1.807) is 42.3 Å². The molecule has 1 aromatic rings. The number of carbonyl (C=O) groups excluding carboxylic acids is 2. The maximum atomic E-state index is 12.1. The lowest BCUT2D eigenvalue weighted by molar-refractivity contribution is -0.127. The Morgan fingerprint density at radius 2 is 1.86 bits per heavy atom. The predicted octanol–water partition coefficient (Wildman–Crippen LogP) is 1.56. The van der Waals surface area contributed by atoms with Crippen LogP contribution in [0.3, 0.4) is 0 Å². The van der Waals surface area contributed by atoms with E-state index in [0.717, 1.165) is 31.2 Å². The molecule has 0 aromatic heterocycles. The van der Waals surface area contributed by atoms with Gasteiger partial charge in [-0.3, -0.25) is 9.59 Å². The number of primary amides is 1. The van der Waals surface area contributed by atoms with E-state index in [9.17, 15) is 14.7 Å². The van der Waals surface area contributed by atoms with Gasteiger partial charge in [0.15, 0.2) is 0 Å². The van der Waals surface area contributed by atoms with Crippen molar-refractivity contribution in [2.45, 2.75) is 31.3 Å². The molecule has 0 bridgehead atoms. The molecule has 22 heavy (non-hydrogen) atoms. The van der Waals surface area contributed by atoms with Gasteiger partial charge in [-0.1, -0.05) is 25.0 Å². The van der Waals surface area contributed by atoms with Crippen molar-refractivity contribution >= 4 is 17.9 Å². The van der Waals surface area contributed by atoms with Crippen LogP contribution < -0.4 is 5.73 Å². The number of hydrogen-bond donors (Lipinski definition) is 2. The lowest BCUT2D eigenvalue weighted by Gasteiger charge is -2.27. The van der Waals surface area contributed by atoms with Crippen molar-refractivity contribution in [2.24, 2.45) is 5.73 Å². The molecule has 2 rings (SSSR count). The molecule has 1 fully saturated rings. The molecule has 0 radical (unpaired) electrons. The minimum atomic E-state index is -0.735. The largest absolute Gasteiger partial charge is 0.388 e. The number of likely N-dealkylation sites (N-methyl/N-ethyl adjacent to an activating group) is 1. The van der Waals surface area contributed by atoms with E-state index in [2.05, 4.69) is 0 Å². The molecular weight excluding hydrogens is 280 g/mol. The summed E-state index contributed by atoms with van der Waals surface area (Å²) in [6, 6.07) is 6.71. The smallest absolute Gasteiger partial charge is 0.248 e. The third-order valence-corrected chi connectivity index (χ3v) is 4.06. The Morgan fingerprint density at radius 3 is 2.41 bits per heavy atom. The second-order valence-electron chi connectivity index (χ2n) is 5.95. The molecule has 3 N–H and O–H groups in total. The fourth-order valence-corrected chi connectivity index (χ4v) is 2.76. The quantitative estimate of drug-likeness (QED) is 0.810. The maximum absolute atomic E-state index is 12.1. The zero-order valence-electron chi connectivity index (χ0n) is 12.8. The van der Waals surface area contributed by atoms with Crippen LogP contribution in [0.4, 0.5) is 0 Å². The molecule has 0 spiro atoms. The Kier molecular flexibility index (Phi) is 4.98. The first-order valence-electron chi connectivity index (χ1n) is 7.45. The summed E-state index contributed by atoms with van der Waals surface area (Å²) in [5, 5.41) is 10.3. The van der Waals surface area contributed by atoms with Gasteiger partial charge in [-0.05, 0) is 36.6 Å². The highest BCUT2D eigenvalue weighted by Crippen LogP contribution is 2.29. The Morgan fingerprint density at radius 1 is 1.27 bits per heavy atom. The van der Waals surface area contributed by atoms with E-state index in [-0.39, 0.29) is 5.91 Å². The zero-order valence-corrected chi connectivity index (χ0v) is 12.8. The number of carbonyl (C=O) groups is 2. The van der Waals surface area contributed by atoms with E-state index in [0.29, 0.717) is 12.1 Å². The van der Waals surface area contributed by atoms with Gasteiger partial charge >= 0.3 is 0 Å². The van der Waals surface area contributed by atoms with Crippen LogP contribution in [0, 0.1) is 0 Å². The van der Waals surface area contributed by atoms with Gasteiger partial charge in [0, 0.05) is 25.2 Å². The van der Waals surface area contributed by atoms with Gasteiger partial charge < -0.3 is 15.7 Å². The molecule has 118 valence electrons. The van der Waals surface area contributed by atoms with Gasteiger partial charge in [0.2, 0.25) is 11.8 Å². The van der Waals surface area contributed by atoms with Gasteiger partial charge in [-0.25, -0.2) is 0 Å². The van der Waals surface area contributed by atoms with Crippen LogP contribution in [0.2, 0.25) is 0 Å². The molecule has 1 aliphatic carbocycles. The SMILES string of the molecule is CN(CC1(O)CCCC1)C(=O)/C=C/c1ccc(C(N)=O)cc1. The fourth-order valence-electron chi connectivity index (χ4n) is 2.76. The molecule has 0 saturated heterocycles. The lowest BCUT2D eigenvalue weighted by Crippen LogP contribution is -2.41. The number of nitrogens with two attached hydrogens (primary N) is 1. The topological polar surface area (TPSA) is 83.6 Å². The van der Waals surface area contributed by atoms with E-state index in [1.165, 1.54) is 6.08 Å². The van der Waals surface area contributed by atoms with Crippen LogP contribution >= 0.6 is 0 Å². The van der Waals surface area contributed by atoms with Crippen molar-refractivity contribution in [3.8, 4) is 0 Å². The zero-order chi connectivity index (χ0) is 16.2. The fraction of sp³-hybridized carbons (Fsp3) is 0.412. The summed E-state index contributed by atoms with van der Waals surface area (Å²) >= 11 is 0. The van der Waals surface area contributed by atoms with Crippen LogP contribution in [0.25, 0.3) is 6.08 Å². The van der Waals surface area contributed by atoms with Crippen LogP contribution in [0.15, 0.2) is 30.3 Å². The second-order valence-corrected chi connectivity index (χ2v) is 5.95. The monoisotopic (exact) mass is 302 g/mol. The summed E-state index contributed by atoms with van der Waals surface area (Å²) in [6.07, 6.45) is 6.69. The van der Waals surface area contributed by atoms with Crippen molar-refractivity contribution in [1.29, 1.82) is 0 Å². The van der Waals surface area contributed by atoms with Crippen molar-refractivity contribution < 1.29 is 14.7 Å². The average molecular weight is 302 g/mol. The average Bonchev–Trinajstić information content (AvgIpc) is 2.91. The first-order chi connectivity index (χ1) is 10.4. The van der Waals surface area contributed by atoms with Gasteiger partial charge in [0.05, 0.1) is 5.60 Å². The molecule has 0 atom stereocenters.